The van der Waals surface area contributed by atoms with E-state index in [1.165, 1.54) is 11.3 Å². The highest BCUT2D eigenvalue weighted by Crippen LogP contribution is 2.32. The lowest BCUT2D eigenvalue weighted by Crippen LogP contribution is -2.25. The molecule has 0 aliphatic carbocycles. The topological polar surface area (TPSA) is 56.5 Å². The molecule has 1 amide bonds. The molecule has 2 aromatic heterocycles. The van der Waals surface area contributed by atoms with Crippen molar-refractivity contribution in [2.45, 2.75) is 39.3 Å². The Balaban J connectivity index is 1.80. The minimum atomic E-state index is -0.385. The Morgan fingerprint density at radius 3 is 3.00 bits per heavy atom. The fourth-order valence-electron chi connectivity index (χ4n) is 3.38. The van der Waals surface area contributed by atoms with Crippen LogP contribution in [0.2, 0.25) is 10.0 Å². The van der Waals surface area contributed by atoms with Gasteiger partial charge in [-0.25, -0.2) is 0 Å². The van der Waals surface area contributed by atoms with Gasteiger partial charge in [-0.2, -0.15) is 4.99 Å². The molecule has 3 aromatic rings. The van der Waals surface area contributed by atoms with Gasteiger partial charge in [-0.05, 0) is 44.9 Å². The summed E-state index contributed by atoms with van der Waals surface area (Å²) in [6, 6.07) is 5.10. The van der Waals surface area contributed by atoms with E-state index in [1.807, 2.05) is 13.8 Å². The van der Waals surface area contributed by atoms with Crippen LogP contribution in [0.1, 0.15) is 33.8 Å². The Bertz CT molecular complexity index is 1130. The molecular formula is C20H19Cl2N3O2S. The summed E-state index contributed by atoms with van der Waals surface area (Å²) >= 11 is 14.0. The molecule has 1 aliphatic heterocycles. The lowest BCUT2D eigenvalue weighted by atomic mass is 10.1. The van der Waals surface area contributed by atoms with Crippen molar-refractivity contribution in [3.63, 3.8) is 0 Å². The second-order valence-electron chi connectivity index (χ2n) is 6.81. The number of hydrogen-bond acceptors (Lipinski definition) is 4. The van der Waals surface area contributed by atoms with E-state index in [0.29, 0.717) is 37.9 Å². The summed E-state index contributed by atoms with van der Waals surface area (Å²) in [5, 5.41) is 1.34. The third kappa shape index (κ3) is 3.62. The van der Waals surface area contributed by atoms with Crippen LogP contribution in [0.5, 0.6) is 0 Å². The molecule has 1 atom stereocenters. The highest BCUT2D eigenvalue weighted by Gasteiger charge is 2.20. The van der Waals surface area contributed by atoms with E-state index in [-0.39, 0.29) is 12.0 Å². The van der Waals surface area contributed by atoms with Crippen molar-refractivity contribution < 1.29 is 9.53 Å². The Morgan fingerprint density at radius 1 is 1.43 bits per heavy atom. The Kier molecular flexibility index (Phi) is 5.56. The largest absolute Gasteiger partial charge is 0.376 e. The van der Waals surface area contributed by atoms with E-state index in [0.717, 1.165) is 30.0 Å². The minimum Gasteiger partial charge on any atom is -0.376 e. The molecule has 28 heavy (non-hydrogen) atoms. The van der Waals surface area contributed by atoms with E-state index in [9.17, 15) is 4.79 Å². The van der Waals surface area contributed by atoms with E-state index >= 15 is 0 Å². The second kappa shape index (κ2) is 7.95. The van der Waals surface area contributed by atoms with Crippen molar-refractivity contribution >= 4 is 51.3 Å². The fourth-order valence-corrected chi connectivity index (χ4v) is 4.78. The van der Waals surface area contributed by atoms with Gasteiger partial charge < -0.3 is 9.30 Å². The number of hydrogen-bond donors (Lipinski definition) is 0. The molecule has 0 radical (unpaired) electrons. The second-order valence-corrected chi connectivity index (χ2v) is 8.78. The number of carbonyl (C=O) groups is 1. The van der Waals surface area contributed by atoms with Gasteiger partial charge in [0.05, 0.1) is 33.8 Å². The van der Waals surface area contributed by atoms with Gasteiger partial charge in [0.2, 0.25) is 0 Å². The number of aromatic nitrogens is 2. The number of ether oxygens (including phenoxy) is 1. The summed E-state index contributed by atoms with van der Waals surface area (Å²) in [6.45, 7) is 5.56. The zero-order valence-corrected chi connectivity index (χ0v) is 17.9. The normalized spacial score (nSPS) is 17.6. The fraction of sp³-hybridized carbons (Fsp3) is 0.350. The van der Waals surface area contributed by atoms with Gasteiger partial charge in [0.15, 0.2) is 4.80 Å². The maximum Gasteiger partial charge on any atom is 0.281 e. The first-order chi connectivity index (χ1) is 13.5. The van der Waals surface area contributed by atoms with Crippen LogP contribution >= 0.6 is 34.5 Å². The minimum absolute atomic E-state index is 0.161. The zero-order valence-electron chi connectivity index (χ0n) is 15.5. The highest BCUT2D eigenvalue weighted by atomic mass is 35.5. The van der Waals surface area contributed by atoms with Crippen LogP contribution in [0, 0.1) is 13.8 Å². The first-order valence-corrected chi connectivity index (χ1v) is 10.6. The predicted octanol–water partition coefficient (Wildman–Crippen LogP) is 4.94. The Labute approximate surface area is 176 Å². The number of benzene rings is 1. The smallest absolute Gasteiger partial charge is 0.281 e. The average molecular weight is 436 g/mol. The van der Waals surface area contributed by atoms with Crippen molar-refractivity contribution in [2.24, 2.45) is 4.99 Å². The van der Waals surface area contributed by atoms with Crippen molar-refractivity contribution in [1.82, 2.24) is 9.55 Å². The van der Waals surface area contributed by atoms with Crippen LogP contribution in [0.15, 0.2) is 29.4 Å². The summed E-state index contributed by atoms with van der Waals surface area (Å²) in [4.78, 5) is 23.6. The molecule has 8 heteroatoms. The van der Waals surface area contributed by atoms with Gasteiger partial charge >= 0.3 is 0 Å². The standard InChI is InChI=1S/C20H19Cl2N3O2S/c1-11-12(2)28-20(25(11)10-13-5-4-8-27-13)24-19(26)15-9-16(21)17(22)14-6-3-7-23-18(14)15/h3,6-7,9,13H,4-5,8,10H2,1-2H3/b24-20-. The summed E-state index contributed by atoms with van der Waals surface area (Å²) in [6.07, 6.45) is 3.88. The molecule has 0 bridgehead atoms. The van der Waals surface area contributed by atoms with Crippen molar-refractivity contribution in [1.29, 1.82) is 0 Å². The molecule has 1 saturated heterocycles. The van der Waals surface area contributed by atoms with Crippen LogP contribution in [0.4, 0.5) is 0 Å². The molecule has 1 fully saturated rings. The number of pyridine rings is 1. The van der Waals surface area contributed by atoms with E-state index in [2.05, 4.69) is 14.5 Å². The number of thiazole rings is 1. The molecule has 0 saturated carbocycles. The summed E-state index contributed by atoms with van der Waals surface area (Å²) in [5.74, 6) is -0.385. The van der Waals surface area contributed by atoms with E-state index in [1.54, 1.807) is 24.4 Å². The monoisotopic (exact) mass is 435 g/mol. The number of carbonyl (C=O) groups excluding carboxylic acids is 1. The first kappa shape index (κ1) is 19.6. The summed E-state index contributed by atoms with van der Waals surface area (Å²) in [5.41, 5.74) is 1.95. The van der Waals surface area contributed by atoms with Crippen LogP contribution in [-0.2, 0) is 11.3 Å². The van der Waals surface area contributed by atoms with Gasteiger partial charge in [-0.3, -0.25) is 9.78 Å². The SMILES string of the molecule is Cc1s/c(=N\C(=O)c2cc(Cl)c(Cl)c3cccnc23)n(CC2CCCO2)c1C. The lowest BCUT2D eigenvalue weighted by Gasteiger charge is -2.12. The maximum absolute atomic E-state index is 13.1. The van der Waals surface area contributed by atoms with E-state index < -0.39 is 0 Å². The lowest BCUT2D eigenvalue weighted by molar-refractivity contribution is 0.0946. The zero-order chi connectivity index (χ0) is 19.8. The molecule has 4 rings (SSSR count). The van der Waals surface area contributed by atoms with Crippen molar-refractivity contribution in [3.8, 4) is 0 Å². The van der Waals surface area contributed by atoms with Crippen molar-refractivity contribution in [2.75, 3.05) is 6.61 Å². The number of nitrogens with zero attached hydrogens (tertiary/aromatic N) is 3. The Morgan fingerprint density at radius 2 is 2.25 bits per heavy atom. The summed E-state index contributed by atoms with van der Waals surface area (Å²) in [7, 11) is 0. The number of amides is 1. The summed E-state index contributed by atoms with van der Waals surface area (Å²) < 4.78 is 7.84. The highest BCUT2D eigenvalue weighted by molar-refractivity contribution is 7.09. The molecule has 5 nitrogen and oxygen atoms in total. The van der Waals surface area contributed by atoms with Crippen molar-refractivity contribution in [3.05, 3.63) is 55.4 Å². The third-order valence-corrected chi connectivity index (χ3v) is 6.91. The molecular weight excluding hydrogens is 417 g/mol. The first-order valence-electron chi connectivity index (χ1n) is 9.06. The predicted molar refractivity (Wildman–Crippen MR) is 112 cm³/mol. The number of aryl methyl sites for hydroxylation is 1. The van der Waals surface area contributed by atoms with Gasteiger partial charge in [-0.15, -0.1) is 11.3 Å². The average Bonchev–Trinajstić information content (AvgIpc) is 3.29. The number of rotatable bonds is 3. The van der Waals surface area contributed by atoms with E-state index in [4.69, 9.17) is 27.9 Å². The maximum atomic E-state index is 13.1. The molecule has 1 aromatic carbocycles. The molecule has 0 N–H and O–H groups in total. The van der Waals surface area contributed by atoms with Crippen LogP contribution in [0.3, 0.4) is 0 Å². The molecule has 0 spiro atoms. The quantitative estimate of drug-likeness (QED) is 0.584. The number of fused-ring (bicyclic) bond motifs is 1. The van der Waals surface area contributed by atoms with Gasteiger partial charge in [0.1, 0.15) is 0 Å². The molecule has 146 valence electrons. The Hall–Kier alpha value is -1.73. The van der Waals surface area contributed by atoms with Gasteiger partial charge in [0, 0.05) is 28.8 Å². The van der Waals surface area contributed by atoms with Gasteiger partial charge in [0.25, 0.3) is 5.91 Å². The van der Waals surface area contributed by atoms with Gasteiger partial charge in [-0.1, -0.05) is 23.2 Å². The molecule has 1 unspecified atom stereocenters. The third-order valence-electron chi connectivity index (χ3n) is 5.01. The van der Waals surface area contributed by atoms with Crippen LogP contribution in [-0.4, -0.2) is 28.2 Å². The van der Waals surface area contributed by atoms with Crippen LogP contribution < -0.4 is 4.80 Å². The molecule has 1 aliphatic rings. The molecule has 3 heterocycles. The van der Waals surface area contributed by atoms with Crippen LogP contribution in [0.25, 0.3) is 10.9 Å². The number of halogens is 2.